The molecule has 23 nitrogen and oxygen atoms in total. The largest absolute Gasteiger partial charge is 0.495 e. The van der Waals surface area contributed by atoms with Gasteiger partial charge in [0.05, 0.1) is 48.1 Å². The van der Waals surface area contributed by atoms with Crippen LogP contribution in [0.5, 0.6) is 5.75 Å². The number of amides is 8. The second-order valence-corrected chi connectivity index (χ2v) is 22.5. The minimum Gasteiger partial charge on any atom is -0.495 e. The van der Waals surface area contributed by atoms with E-state index in [0.717, 1.165) is 11.1 Å². The molecule has 3 aliphatic rings. The predicted molar refractivity (Wildman–Crippen MR) is 313 cm³/mol. The standard InChI is InChI=1S/C56H76BrCl2N9O14/c1-30(2)47(63-36(29-69)15-10-11-20-61-49(71)32(4)28-57)51(73)65-39(16-13-21-62-52(60)74)50(72)64-35-18-19-38(37(58)25-35)66-53(75)81-44-26-45(70)68(7)40-23-34(24-41(78-8)46(40)59)22-31(3)14-12-17-43(79-9)56(77)27-42(80-54(76)67-56)33(5)48-55(44,6)82-48/h12,14,17-19,23-25,29-30,33,36,39,42-44,47-48,63,77H,4,10-11,13,15-16,20-22,26-28H2,1-3,5-9H3,(H,61,71)(H,64,72)(H,65,73)(H,66,75)(H,67,76)(H3,60,62,74)/b17-12+,31-14+/t33-,36?,39+,42+,43-,44+,47+,48+,55+,56+/m1/s1. The summed E-state index contributed by atoms with van der Waals surface area (Å²) < 4.78 is 29.3. The fourth-order valence-electron chi connectivity index (χ4n) is 9.71. The molecule has 2 fully saturated rings. The van der Waals surface area contributed by atoms with Crippen molar-refractivity contribution in [3.63, 3.8) is 0 Å². The Bertz CT molecular complexity index is 2750. The van der Waals surface area contributed by atoms with Gasteiger partial charge in [-0.2, -0.15) is 0 Å². The molecule has 8 amide bonds. The first kappa shape index (κ1) is 66.5. The van der Waals surface area contributed by atoms with Gasteiger partial charge in [0.2, 0.25) is 23.6 Å². The molecule has 10 atom stereocenters. The molecule has 26 heteroatoms. The summed E-state index contributed by atoms with van der Waals surface area (Å²) in [4.78, 5) is 106. The van der Waals surface area contributed by atoms with E-state index in [1.807, 2.05) is 13.0 Å². The van der Waals surface area contributed by atoms with Crippen molar-refractivity contribution in [3.05, 3.63) is 81.9 Å². The van der Waals surface area contributed by atoms with Crippen molar-refractivity contribution < 1.29 is 67.1 Å². The highest BCUT2D eigenvalue weighted by Gasteiger charge is 2.64. The molecule has 82 heavy (non-hydrogen) atoms. The van der Waals surface area contributed by atoms with Gasteiger partial charge in [-0.15, -0.1) is 0 Å². The first-order valence-electron chi connectivity index (χ1n) is 26.8. The molecule has 450 valence electrons. The van der Waals surface area contributed by atoms with Crippen LogP contribution in [-0.4, -0.2) is 147 Å². The van der Waals surface area contributed by atoms with E-state index in [1.54, 1.807) is 52.0 Å². The van der Waals surface area contributed by atoms with Crippen molar-refractivity contribution in [2.24, 2.45) is 17.6 Å². The third-order valence-corrected chi connectivity index (χ3v) is 15.9. The summed E-state index contributed by atoms with van der Waals surface area (Å²) in [5, 5.41) is 31.3. The van der Waals surface area contributed by atoms with Gasteiger partial charge in [0.25, 0.3) is 0 Å². The number of primary amides is 1. The molecule has 0 radical (unpaired) electrons. The van der Waals surface area contributed by atoms with Gasteiger partial charge in [-0.05, 0) is 94.2 Å². The first-order valence-corrected chi connectivity index (χ1v) is 28.7. The number of fused-ring (bicyclic) bond motifs is 5. The van der Waals surface area contributed by atoms with Crippen molar-refractivity contribution in [2.75, 3.05) is 55.2 Å². The Balaban J connectivity index is 1.34. The average Bonchev–Trinajstić information content (AvgIpc) is 4.27. The number of carbonyl (C=O) groups excluding carboxylic acids is 8. The summed E-state index contributed by atoms with van der Waals surface area (Å²) in [5.41, 5.74) is 4.53. The number of alkyl halides is 1. The molecule has 5 rings (SSSR count). The molecular formula is C56H76BrCl2N9O14. The van der Waals surface area contributed by atoms with Crippen LogP contribution in [0, 0.1) is 11.8 Å². The summed E-state index contributed by atoms with van der Waals surface area (Å²) in [5.74, 6) is -2.67. The molecule has 0 aromatic heterocycles. The highest BCUT2D eigenvalue weighted by Crippen LogP contribution is 2.49. The molecule has 1 unspecified atom stereocenters. The van der Waals surface area contributed by atoms with Crippen LogP contribution in [0.2, 0.25) is 10.0 Å². The maximum atomic E-state index is 14.4. The fourth-order valence-corrected chi connectivity index (χ4v) is 10.5. The van der Waals surface area contributed by atoms with Crippen LogP contribution in [0.15, 0.2) is 66.3 Å². The van der Waals surface area contributed by atoms with E-state index in [4.69, 9.17) is 52.6 Å². The van der Waals surface area contributed by atoms with Crippen LogP contribution in [-0.2, 0) is 49.3 Å². The van der Waals surface area contributed by atoms with Gasteiger partial charge in [-0.1, -0.05) is 90.3 Å². The molecule has 10 N–H and O–H groups in total. The number of benzene rings is 2. The smallest absolute Gasteiger partial charge is 0.412 e. The Morgan fingerprint density at radius 3 is 2.40 bits per heavy atom. The number of unbranched alkanes of at least 4 members (excludes halogenated alkanes) is 1. The van der Waals surface area contributed by atoms with E-state index < -0.39 is 102 Å². The molecule has 0 spiro atoms. The highest BCUT2D eigenvalue weighted by molar-refractivity contribution is 9.09. The molecule has 2 aromatic rings. The number of allylic oxidation sites excluding steroid dienone is 3. The van der Waals surface area contributed by atoms with Crippen LogP contribution in [0.4, 0.5) is 31.4 Å². The number of nitrogens with two attached hydrogens (primary N) is 1. The van der Waals surface area contributed by atoms with Gasteiger partial charge < -0.3 is 65.5 Å². The molecule has 2 aromatic carbocycles. The van der Waals surface area contributed by atoms with Crippen LogP contribution >= 0.6 is 39.1 Å². The fraction of sp³-hybridized carbons (Fsp3) is 0.536. The monoisotopic (exact) mass is 1250 g/mol. The zero-order valence-electron chi connectivity index (χ0n) is 47.3. The quantitative estimate of drug-likeness (QED) is 0.0193. The number of anilines is 3. The molecule has 4 bridgehead atoms. The lowest BCUT2D eigenvalue weighted by molar-refractivity contribution is -0.142. The van der Waals surface area contributed by atoms with Crippen LogP contribution in [0.1, 0.15) is 85.1 Å². The maximum Gasteiger partial charge on any atom is 0.412 e. The number of hydrogen-bond acceptors (Lipinski definition) is 15. The van der Waals surface area contributed by atoms with E-state index in [9.17, 15) is 43.5 Å². The lowest BCUT2D eigenvalue weighted by Crippen LogP contribution is -2.63. The summed E-state index contributed by atoms with van der Waals surface area (Å²) in [6, 6.07) is 4.14. The molecule has 3 aliphatic heterocycles. The van der Waals surface area contributed by atoms with E-state index in [2.05, 4.69) is 59.7 Å². The highest BCUT2D eigenvalue weighted by atomic mass is 79.9. The van der Waals surface area contributed by atoms with Gasteiger partial charge in [0.1, 0.15) is 47.0 Å². The van der Waals surface area contributed by atoms with Crippen molar-refractivity contribution >= 4 is 104 Å². The maximum absolute atomic E-state index is 14.4. The van der Waals surface area contributed by atoms with E-state index >= 15 is 0 Å². The Kier molecular flexibility index (Phi) is 24.6. The lowest BCUT2D eigenvalue weighted by Gasteiger charge is -2.42. The van der Waals surface area contributed by atoms with Crippen LogP contribution in [0.25, 0.3) is 0 Å². The Morgan fingerprint density at radius 2 is 1.76 bits per heavy atom. The number of halogens is 3. The number of carbonyl (C=O) groups is 8. The average molecular weight is 1250 g/mol. The van der Waals surface area contributed by atoms with Gasteiger partial charge in [-0.3, -0.25) is 35.1 Å². The van der Waals surface area contributed by atoms with E-state index in [0.29, 0.717) is 60.9 Å². The summed E-state index contributed by atoms with van der Waals surface area (Å²) in [6.45, 7) is 13.0. The number of alkyl carbamates (subject to hydrolysis) is 1. The SMILES string of the molecule is C=C(CBr)C(=O)NCCCCC(C=O)N[C@H](C(=O)N[C@@H](CCCNC(N)=O)C(=O)Nc1ccc(NC(=O)O[C@H]2CC(=O)N(C)c3cc(cc(OC)c3Cl)C/C(C)=C/C=C/[C@@H](OC)[C@@]3(O)C[C@H](OC(=O)N3)[C@@H](C)[C@@H]3O[C@@]23C)c(Cl)c1)C(C)C. The van der Waals surface area contributed by atoms with Gasteiger partial charge in [-0.25, -0.2) is 14.4 Å². The predicted octanol–water partition coefficient (Wildman–Crippen LogP) is 6.32. The molecule has 2 saturated heterocycles. The van der Waals surface area contributed by atoms with Crippen molar-refractivity contribution in [1.29, 1.82) is 0 Å². The lowest BCUT2D eigenvalue weighted by atomic mass is 9.83. The number of aldehydes is 1. The minimum atomic E-state index is -1.91. The number of aliphatic hydroxyl groups is 1. The van der Waals surface area contributed by atoms with Crippen LogP contribution < -0.4 is 52.6 Å². The Labute approximate surface area is 496 Å². The third kappa shape index (κ3) is 18.1. The minimum absolute atomic E-state index is 0.0435. The van der Waals surface area contributed by atoms with E-state index in [1.165, 1.54) is 44.4 Å². The Morgan fingerprint density at radius 1 is 1.04 bits per heavy atom. The van der Waals surface area contributed by atoms with E-state index in [-0.39, 0.29) is 59.1 Å². The molecule has 0 aliphatic carbocycles. The van der Waals surface area contributed by atoms with Crippen molar-refractivity contribution in [2.45, 2.75) is 140 Å². The van der Waals surface area contributed by atoms with Gasteiger partial charge in [0, 0.05) is 56.2 Å². The number of methoxy groups -OCH3 is 2. The zero-order chi connectivity index (χ0) is 60.6. The number of rotatable bonds is 23. The number of nitrogens with zero attached hydrogens (tertiary/aromatic N) is 1. The number of nitrogens with one attached hydrogen (secondary N) is 7. The number of epoxide rings is 1. The Hall–Kier alpha value is -6.28. The zero-order valence-corrected chi connectivity index (χ0v) is 50.4. The first-order chi connectivity index (χ1) is 38.8. The molecular weight excluding hydrogens is 1170 g/mol. The second kappa shape index (κ2) is 30.3. The third-order valence-electron chi connectivity index (χ3n) is 14.5. The van der Waals surface area contributed by atoms with Gasteiger partial charge >= 0.3 is 18.2 Å². The molecule has 3 heterocycles. The normalized spacial score (nSPS) is 24.8. The molecule has 0 saturated carbocycles. The summed E-state index contributed by atoms with van der Waals surface area (Å²) >= 11 is 16.8. The number of hydrogen-bond donors (Lipinski definition) is 9. The van der Waals surface area contributed by atoms with Crippen molar-refractivity contribution in [3.8, 4) is 5.75 Å². The van der Waals surface area contributed by atoms with Crippen molar-refractivity contribution in [1.82, 2.24) is 26.6 Å². The second-order valence-electron chi connectivity index (χ2n) is 21.1. The van der Waals surface area contributed by atoms with Crippen LogP contribution in [0.3, 0.4) is 0 Å². The summed E-state index contributed by atoms with van der Waals surface area (Å²) in [7, 11) is 4.38. The number of ether oxygens (including phenoxy) is 5. The topological polar surface area (TPSA) is 320 Å². The number of urea groups is 1. The van der Waals surface area contributed by atoms with Gasteiger partial charge in [0.15, 0.2) is 5.72 Å². The summed E-state index contributed by atoms with van der Waals surface area (Å²) in [6.07, 6.45) is 1.50.